The molecular weight excluding hydrogens is 410 g/mol. The number of pyridine rings is 1. The largest absolute Gasteiger partial charge is 0.360 e. The lowest BCUT2D eigenvalue weighted by molar-refractivity contribution is 0.0383. The van der Waals surface area contributed by atoms with Crippen LogP contribution in [0.1, 0.15) is 33.6 Å². The summed E-state index contributed by atoms with van der Waals surface area (Å²) in [5, 5.41) is 5.61. The molecule has 0 bridgehead atoms. The molecule has 1 saturated carbocycles. The van der Waals surface area contributed by atoms with Crippen LogP contribution in [0, 0.1) is 0 Å². The summed E-state index contributed by atoms with van der Waals surface area (Å²) in [5.74, 6) is -0.948. The first-order valence-corrected chi connectivity index (χ1v) is 10.7. The average molecular weight is 433 g/mol. The van der Waals surface area contributed by atoms with Gasteiger partial charge >= 0.3 is 0 Å². The molecule has 3 N–H and O–H groups in total. The summed E-state index contributed by atoms with van der Waals surface area (Å²) in [6.07, 6.45) is 4.68. The highest BCUT2D eigenvalue weighted by Crippen LogP contribution is 2.29. The minimum Gasteiger partial charge on any atom is -0.360 e. The first-order chi connectivity index (χ1) is 14.3. The van der Waals surface area contributed by atoms with Crippen molar-refractivity contribution in [2.45, 2.75) is 23.8 Å². The molecule has 1 fully saturated rings. The third-order valence-corrected chi connectivity index (χ3v) is 6.25. The van der Waals surface area contributed by atoms with Crippen LogP contribution in [0.5, 0.6) is 0 Å². The summed E-state index contributed by atoms with van der Waals surface area (Å²) in [4.78, 5) is 33.4. The summed E-state index contributed by atoms with van der Waals surface area (Å²) >= 11 is 0. The van der Waals surface area contributed by atoms with Gasteiger partial charge in [-0.25, -0.2) is 18.2 Å². The van der Waals surface area contributed by atoms with Crippen molar-refractivity contribution in [1.29, 1.82) is 0 Å². The highest BCUT2D eigenvalue weighted by atomic mass is 32.2. The molecule has 30 heavy (non-hydrogen) atoms. The van der Waals surface area contributed by atoms with E-state index in [0.29, 0.717) is 5.56 Å². The fourth-order valence-electron chi connectivity index (χ4n) is 2.58. The van der Waals surface area contributed by atoms with Crippen LogP contribution in [0.3, 0.4) is 0 Å². The molecule has 2 amide bonds. The number of hydrogen-bond acceptors (Lipinski definition) is 7. The number of hydroxylamine groups is 1. The van der Waals surface area contributed by atoms with E-state index in [1.54, 1.807) is 18.2 Å². The van der Waals surface area contributed by atoms with Crippen molar-refractivity contribution in [3.05, 3.63) is 53.9 Å². The van der Waals surface area contributed by atoms with Gasteiger partial charge in [-0.1, -0.05) is 6.07 Å². The van der Waals surface area contributed by atoms with E-state index in [-0.39, 0.29) is 28.9 Å². The highest BCUT2D eigenvalue weighted by Gasteiger charge is 2.31. The maximum atomic E-state index is 12.9. The zero-order valence-corrected chi connectivity index (χ0v) is 17.4. The molecule has 10 nitrogen and oxygen atoms in total. The van der Waals surface area contributed by atoms with Gasteiger partial charge in [0.2, 0.25) is 10.0 Å². The van der Waals surface area contributed by atoms with E-state index < -0.39 is 21.8 Å². The molecule has 0 aliphatic heterocycles. The van der Waals surface area contributed by atoms with Crippen LogP contribution in [0.25, 0.3) is 0 Å². The summed E-state index contributed by atoms with van der Waals surface area (Å²) in [7, 11) is -1.16. The lowest BCUT2D eigenvalue weighted by Crippen LogP contribution is -2.31. The van der Waals surface area contributed by atoms with Gasteiger partial charge in [0.05, 0.1) is 16.8 Å². The second kappa shape index (κ2) is 9.20. The summed E-state index contributed by atoms with van der Waals surface area (Å²) in [5.41, 5.74) is 2.78. The Hall–Kier alpha value is -3.02. The molecular formula is C19H23N5O5S. The Labute approximate surface area is 174 Å². The minimum absolute atomic E-state index is 0.0417. The van der Waals surface area contributed by atoms with E-state index in [1.165, 1.54) is 38.6 Å². The predicted octanol–water partition coefficient (Wildman–Crippen LogP) is 0.955. The van der Waals surface area contributed by atoms with E-state index in [1.807, 2.05) is 0 Å². The molecule has 1 aliphatic rings. The lowest BCUT2D eigenvalue weighted by atomic mass is 10.2. The van der Waals surface area contributed by atoms with Crippen LogP contribution in [-0.2, 0) is 14.9 Å². The Bertz CT molecular complexity index is 1020. The Balaban J connectivity index is 1.74. The van der Waals surface area contributed by atoms with Gasteiger partial charge in [0.25, 0.3) is 11.8 Å². The SMILES string of the molecule is CN(C)S(=O)(=O)c1c(NCONC(=O)c2cccnc2)cccc1C(=O)NC1CC1. The van der Waals surface area contributed by atoms with Crippen molar-refractivity contribution in [2.24, 2.45) is 0 Å². The van der Waals surface area contributed by atoms with E-state index in [9.17, 15) is 18.0 Å². The first kappa shape index (κ1) is 21.7. The number of nitrogens with zero attached hydrogens (tertiary/aromatic N) is 2. The van der Waals surface area contributed by atoms with Gasteiger partial charge in [0.15, 0.2) is 0 Å². The maximum Gasteiger partial charge on any atom is 0.276 e. The van der Waals surface area contributed by atoms with Crippen LogP contribution in [0.4, 0.5) is 5.69 Å². The quantitative estimate of drug-likeness (QED) is 0.305. The molecule has 160 valence electrons. The Morgan fingerprint density at radius 3 is 2.57 bits per heavy atom. The molecule has 1 aromatic carbocycles. The smallest absolute Gasteiger partial charge is 0.276 e. The average Bonchev–Trinajstić information content (AvgIpc) is 3.55. The fourth-order valence-corrected chi connectivity index (χ4v) is 3.80. The lowest BCUT2D eigenvalue weighted by Gasteiger charge is -2.19. The number of benzene rings is 1. The Morgan fingerprint density at radius 2 is 1.93 bits per heavy atom. The van der Waals surface area contributed by atoms with Gasteiger partial charge in [-0.2, -0.15) is 0 Å². The van der Waals surface area contributed by atoms with Gasteiger partial charge in [-0.3, -0.25) is 19.4 Å². The number of nitrogens with one attached hydrogen (secondary N) is 3. The number of anilines is 1. The number of carbonyl (C=O) groups is 2. The molecule has 1 aromatic heterocycles. The third kappa shape index (κ3) is 5.12. The molecule has 0 unspecified atom stereocenters. The Kier molecular flexibility index (Phi) is 6.65. The number of rotatable bonds is 9. The normalized spacial score (nSPS) is 13.7. The van der Waals surface area contributed by atoms with Crippen LogP contribution in [-0.4, -0.2) is 56.4 Å². The summed E-state index contributed by atoms with van der Waals surface area (Å²) < 4.78 is 26.8. The van der Waals surface area contributed by atoms with Crippen molar-refractivity contribution in [3.8, 4) is 0 Å². The first-order valence-electron chi connectivity index (χ1n) is 9.23. The number of carbonyl (C=O) groups excluding carboxylic acids is 2. The van der Waals surface area contributed by atoms with Crippen LogP contribution in [0.15, 0.2) is 47.6 Å². The summed E-state index contributed by atoms with van der Waals surface area (Å²) in [6, 6.07) is 7.83. The van der Waals surface area contributed by atoms with Gasteiger partial charge in [0, 0.05) is 32.5 Å². The van der Waals surface area contributed by atoms with E-state index in [2.05, 4.69) is 21.1 Å². The van der Waals surface area contributed by atoms with Crippen molar-refractivity contribution in [2.75, 3.05) is 26.1 Å². The van der Waals surface area contributed by atoms with Gasteiger partial charge < -0.3 is 10.6 Å². The fraction of sp³-hybridized carbons (Fsp3) is 0.316. The third-order valence-electron chi connectivity index (χ3n) is 4.33. The molecule has 2 aromatic rings. The second-order valence-corrected chi connectivity index (χ2v) is 8.94. The second-order valence-electron chi connectivity index (χ2n) is 6.86. The van der Waals surface area contributed by atoms with Crippen molar-refractivity contribution >= 4 is 27.5 Å². The number of hydrogen-bond donors (Lipinski definition) is 3. The molecule has 1 aliphatic carbocycles. The molecule has 3 rings (SSSR count). The molecule has 11 heteroatoms. The zero-order chi connectivity index (χ0) is 21.7. The monoisotopic (exact) mass is 433 g/mol. The standard InChI is InChI=1S/C19H23N5O5S/c1-24(2)30(27,28)17-15(19(26)22-14-8-9-14)6-3-7-16(17)21-12-29-23-18(25)13-5-4-10-20-11-13/h3-7,10-11,14,21H,8-9,12H2,1-2H3,(H,22,26)(H,23,25). The summed E-state index contributed by atoms with van der Waals surface area (Å²) in [6.45, 7) is -0.227. The van der Waals surface area contributed by atoms with Crippen molar-refractivity contribution in [1.82, 2.24) is 20.1 Å². The van der Waals surface area contributed by atoms with Gasteiger partial charge in [-0.05, 0) is 37.1 Å². The predicted molar refractivity (Wildman–Crippen MR) is 109 cm³/mol. The molecule has 0 spiro atoms. The highest BCUT2D eigenvalue weighted by molar-refractivity contribution is 7.89. The Morgan fingerprint density at radius 1 is 1.17 bits per heavy atom. The van der Waals surface area contributed by atoms with E-state index in [4.69, 9.17) is 4.84 Å². The molecule has 0 radical (unpaired) electrons. The number of amides is 2. The number of sulfonamides is 1. The van der Waals surface area contributed by atoms with Crippen LogP contribution < -0.4 is 16.1 Å². The minimum atomic E-state index is -3.94. The zero-order valence-electron chi connectivity index (χ0n) is 16.6. The maximum absolute atomic E-state index is 12.9. The van der Waals surface area contributed by atoms with Crippen molar-refractivity contribution in [3.63, 3.8) is 0 Å². The topological polar surface area (TPSA) is 130 Å². The molecule has 0 atom stereocenters. The number of aromatic nitrogens is 1. The van der Waals surface area contributed by atoms with Crippen molar-refractivity contribution < 1.29 is 22.8 Å². The van der Waals surface area contributed by atoms with Gasteiger partial charge in [0.1, 0.15) is 11.6 Å². The molecule has 1 heterocycles. The van der Waals surface area contributed by atoms with Crippen LogP contribution >= 0.6 is 0 Å². The van der Waals surface area contributed by atoms with E-state index in [0.717, 1.165) is 17.1 Å². The van der Waals surface area contributed by atoms with E-state index >= 15 is 0 Å². The van der Waals surface area contributed by atoms with Crippen LogP contribution in [0.2, 0.25) is 0 Å². The molecule has 0 saturated heterocycles. The van der Waals surface area contributed by atoms with Gasteiger partial charge in [-0.15, -0.1) is 0 Å².